The van der Waals surface area contributed by atoms with Gasteiger partial charge in [0.2, 0.25) is 0 Å². The molecule has 3 aromatic carbocycles. The van der Waals surface area contributed by atoms with Crippen LogP contribution in [0.3, 0.4) is 0 Å². The molecule has 33 heavy (non-hydrogen) atoms. The molecule has 0 aliphatic carbocycles. The van der Waals surface area contributed by atoms with E-state index in [0.717, 1.165) is 33.4 Å². The lowest BCUT2D eigenvalue weighted by atomic mass is 10.0. The summed E-state index contributed by atoms with van der Waals surface area (Å²) in [6.07, 6.45) is 5.63. The van der Waals surface area contributed by atoms with Crippen molar-refractivity contribution in [1.82, 2.24) is 15.2 Å². The minimum Gasteiger partial charge on any atom is -0.322 e. The second-order valence-electron chi connectivity index (χ2n) is 7.50. The molecule has 0 fully saturated rings. The minimum atomic E-state index is -0.374. The highest BCUT2D eigenvalue weighted by atomic mass is 19.1. The van der Waals surface area contributed by atoms with Crippen LogP contribution in [0.4, 0.5) is 10.1 Å². The van der Waals surface area contributed by atoms with Crippen molar-refractivity contribution in [3.63, 3.8) is 0 Å². The van der Waals surface area contributed by atoms with Gasteiger partial charge in [0.1, 0.15) is 5.82 Å². The van der Waals surface area contributed by atoms with E-state index in [4.69, 9.17) is 0 Å². The number of hydrogen-bond donors (Lipinski definition) is 2. The molecule has 2 N–H and O–H groups in total. The third kappa shape index (κ3) is 4.55. The Morgan fingerprint density at radius 1 is 0.879 bits per heavy atom. The van der Waals surface area contributed by atoms with E-state index >= 15 is 0 Å². The largest absolute Gasteiger partial charge is 0.322 e. The maximum absolute atomic E-state index is 13.0. The molecule has 0 unspecified atom stereocenters. The van der Waals surface area contributed by atoms with Gasteiger partial charge in [0, 0.05) is 22.8 Å². The van der Waals surface area contributed by atoms with Gasteiger partial charge in [-0.1, -0.05) is 24.3 Å². The smallest absolute Gasteiger partial charge is 0.255 e. The average molecular weight is 434 g/mol. The molecular formula is C27H19FN4O. The van der Waals surface area contributed by atoms with Gasteiger partial charge in [0.05, 0.1) is 16.9 Å². The number of H-pyrrole nitrogens is 1. The molecule has 1 amide bonds. The number of hydrogen-bond acceptors (Lipinski definition) is 3. The summed E-state index contributed by atoms with van der Waals surface area (Å²) < 4.78 is 13.0. The van der Waals surface area contributed by atoms with E-state index in [2.05, 4.69) is 20.5 Å². The quantitative estimate of drug-likeness (QED) is 0.347. The standard InChI is InChI=1S/C27H19FN4O/c28-21-9-4-19(5-10-21)27(33)30-23-11-6-18(7-12-23)20-8-14-24-25(31-32-26(24)17-20)15-13-22-3-1-2-16-29-22/h1-17H,(H,30,33)(H,31,32)/b15-13+. The Labute approximate surface area is 189 Å². The average Bonchev–Trinajstić information content (AvgIpc) is 3.26. The first-order chi connectivity index (χ1) is 16.2. The molecule has 0 bridgehead atoms. The molecule has 6 heteroatoms. The molecule has 5 rings (SSSR count). The van der Waals surface area contributed by atoms with Crippen LogP contribution < -0.4 is 5.32 Å². The first kappa shape index (κ1) is 20.3. The predicted octanol–water partition coefficient (Wildman–Crippen LogP) is 6.19. The Bertz CT molecular complexity index is 1440. The number of amides is 1. The minimum absolute atomic E-state index is 0.284. The molecular weight excluding hydrogens is 415 g/mol. The summed E-state index contributed by atoms with van der Waals surface area (Å²) in [7, 11) is 0. The fourth-order valence-electron chi connectivity index (χ4n) is 3.54. The van der Waals surface area contributed by atoms with Crippen molar-refractivity contribution < 1.29 is 9.18 Å². The van der Waals surface area contributed by atoms with Gasteiger partial charge in [-0.15, -0.1) is 0 Å². The normalized spacial score (nSPS) is 11.2. The Kier molecular flexibility index (Phi) is 5.47. The lowest BCUT2D eigenvalue weighted by molar-refractivity contribution is 0.102. The first-order valence-corrected chi connectivity index (χ1v) is 10.4. The van der Waals surface area contributed by atoms with Gasteiger partial charge in [0.15, 0.2) is 0 Å². The number of fused-ring (bicyclic) bond motifs is 1. The van der Waals surface area contributed by atoms with Crippen LogP contribution in [0.5, 0.6) is 0 Å². The Morgan fingerprint density at radius 3 is 2.42 bits per heavy atom. The first-order valence-electron chi connectivity index (χ1n) is 10.4. The highest BCUT2D eigenvalue weighted by Gasteiger charge is 2.08. The van der Waals surface area contributed by atoms with E-state index in [-0.39, 0.29) is 11.7 Å². The molecule has 0 atom stereocenters. The number of anilines is 1. The number of pyridine rings is 1. The number of nitrogens with one attached hydrogen (secondary N) is 2. The molecule has 5 nitrogen and oxygen atoms in total. The van der Waals surface area contributed by atoms with Crippen molar-refractivity contribution in [2.45, 2.75) is 0 Å². The number of aromatic amines is 1. The Morgan fingerprint density at radius 2 is 1.67 bits per heavy atom. The molecule has 2 heterocycles. The van der Waals surface area contributed by atoms with E-state index in [1.807, 2.05) is 72.8 Å². The Hall–Kier alpha value is -4.58. The van der Waals surface area contributed by atoms with E-state index in [1.165, 1.54) is 24.3 Å². The number of carbonyl (C=O) groups excluding carboxylic acids is 1. The van der Waals surface area contributed by atoms with Crippen LogP contribution in [0.2, 0.25) is 0 Å². The zero-order chi connectivity index (χ0) is 22.6. The second kappa shape index (κ2) is 8.88. The summed E-state index contributed by atoms with van der Waals surface area (Å²) in [5, 5.41) is 11.4. The van der Waals surface area contributed by atoms with Crippen LogP contribution in [0.1, 0.15) is 21.7 Å². The van der Waals surface area contributed by atoms with Gasteiger partial charge in [-0.05, 0) is 83.9 Å². The predicted molar refractivity (Wildman–Crippen MR) is 129 cm³/mol. The van der Waals surface area contributed by atoms with E-state index in [1.54, 1.807) is 6.20 Å². The maximum atomic E-state index is 13.0. The lowest BCUT2D eigenvalue weighted by Crippen LogP contribution is -2.11. The summed E-state index contributed by atoms with van der Waals surface area (Å²) in [6, 6.07) is 24.9. The van der Waals surface area contributed by atoms with Gasteiger partial charge >= 0.3 is 0 Å². The van der Waals surface area contributed by atoms with Crippen molar-refractivity contribution >= 4 is 34.6 Å². The van der Waals surface area contributed by atoms with Crippen molar-refractivity contribution in [3.05, 3.63) is 114 Å². The van der Waals surface area contributed by atoms with Gasteiger partial charge < -0.3 is 5.32 Å². The molecule has 2 aromatic heterocycles. The van der Waals surface area contributed by atoms with Crippen LogP contribution >= 0.6 is 0 Å². The van der Waals surface area contributed by atoms with Crippen molar-refractivity contribution in [3.8, 4) is 11.1 Å². The van der Waals surface area contributed by atoms with Crippen molar-refractivity contribution in [1.29, 1.82) is 0 Å². The van der Waals surface area contributed by atoms with Crippen molar-refractivity contribution in [2.24, 2.45) is 0 Å². The van der Waals surface area contributed by atoms with Crippen LogP contribution in [0, 0.1) is 5.82 Å². The summed E-state index contributed by atoms with van der Waals surface area (Å²) >= 11 is 0. The van der Waals surface area contributed by atoms with Crippen LogP contribution in [0.25, 0.3) is 34.2 Å². The number of carbonyl (C=O) groups is 1. The van der Waals surface area contributed by atoms with E-state index in [0.29, 0.717) is 11.3 Å². The van der Waals surface area contributed by atoms with Crippen LogP contribution in [0.15, 0.2) is 91.1 Å². The third-order valence-electron chi connectivity index (χ3n) is 5.27. The van der Waals surface area contributed by atoms with Gasteiger partial charge in [-0.2, -0.15) is 5.10 Å². The molecule has 160 valence electrons. The Balaban J connectivity index is 1.32. The number of nitrogens with zero attached hydrogens (tertiary/aromatic N) is 2. The van der Waals surface area contributed by atoms with Crippen molar-refractivity contribution in [2.75, 3.05) is 5.32 Å². The van der Waals surface area contributed by atoms with Gasteiger partial charge in [-0.25, -0.2) is 4.39 Å². The molecule has 5 aromatic rings. The zero-order valence-electron chi connectivity index (χ0n) is 17.5. The van der Waals surface area contributed by atoms with Gasteiger partial charge in [-0.3, -0.25) is 14.9 Å². The molecule has 0 spiro atoms. The molecule has 0 aliphatic heterocycles. The summed E-state index contributed by atoms with van der Waals surface area (Å²) in [5.74, 6) is -0.658. The highest BCUT2D eigenvalue weighted by molar-refractivity contribution is 6.04. The molecule has 0 aliphatic rings. The number of aromatic nitrogens is 3. The van der Waals surface area contributed by atoms with E-state index in [9.17, 15) is 9.18 Å². The summed E-state index contributed by atoms with van der Waals surface area (Å²) in [4.78, 5) is 16.6. The number of benzene rings is 3. The maximum Gasteiger partial charge on any atom is 0.255 e. The summed E-state index contributed by atoms with van der Waals surface area (Å²) in [6.45, 7) is 0. The molecule has 0 saturated carbocycles. The van der Waals surface area contributed by atoms with Crippen LogP contribution in [-0.2, 0) is 0 Å². The number of halogens is 1. The fraction of sp³-hybridized carbons (Fsp3) is 0. The van der Waals surface area contributed by atoms with E-state index < -0.39 is 0 Å². The zero-order valence-corrected chi connectivity index (χ0v) is 17.5. The fourth-order valence-corrected chi connectivity index (χ4v) is 3.54. The number of rotatable bonds is 5. The lowest BCUT2D eigenvalue weighted by Gasteiger charge is -2.07. The monoisotopic (exact) mass is 434 g/mol. The van der Waals surface area contributed by atoms with Gasteiger partial charge in [0.25, 0.3) is 5.91 Å². The molecule has 0 saturated heterocycles. The topological polar surface area (TPSA) is 70.7 Å². The summed E-state index contributed by atoms with van der Waals surface area (Å²) in [5.41, 5.74) is 5.76. The second-order valence-corrected chi connectivity index (χ2v) is 7.50. The molecule has 0 radical (unpaired) electrons. The third-order valence-corrected chi connectivity index (χ3v) is 5.27. The SMILES string of the molecule is O=C(Nc1ccc(-c2ccc3c(/C=C/c4ccccn4)n[nH]c3c2)cc1)c1ccc(F)cc1. The van der Waals surface area contributed by atoms with Crippen LogP contribution in [-0.4, -0.2) is 21.1 Å². The highest BCUT2D eigenvalue weighted by Crippen LogP contribution is 2.27.